The number of para-hydroxylation sites is 2. The number of hydrogen-bond acceptors (Lipinski definition) is 3. The highest BCUT2D eigenvalue weighted by Crippen LogP contribution is 2.13. The number of aromatic nitrogens is 4. The molecular weight excluding hydrogens is 195 g/mol. The molecule has 0 spiro atoms. The molecule has 2 heterocycles. The van der Waals surface area contributed by atoms with Gasteiger partial charge in [-0.3, -0.25) is 0 Å². The van der Waals surface area contributed by atoms with Crippen molar-refractivity contribution in [1.82, 2.24) is 19.9 Å². The first-order valence-corrected chi connectivity index (χ1v) is 4.54. The summed E-state index contributed by atoms with van der Waals surface area (Å²) in [5.41, 5.74) is 2.53. The van der Waals surface area contributed by atoms with E-state index < -0.39 is 6.67 Å². The first-order chi connectivity index (χ1) is 7.36. The molecule has 0 atom stereocenters. The van der Waals surface area contributed by atoms with E-state index in [0.29, 0.717) is 11.3 Å². The van der Waals surface area contributed by atoms with E-state index in [9.17, 15) is 4.39 Å². The van der Waals surface area contributed by atoms with Crippen molar-refractivity contribution in [3.05, 3.63) is 30.1 Å². The third kappa shape index (κ3) is 1.24. The molecule has 74 valence electrons. The Bertz CT molecular complexity index is 579. The lowest BCUT2D eigenvalue weighted by Crippen LogP contribution is -1.85. The molecule has 2 aromatic heterocycles. The van der Waals surface area contributed by atoms with Crippen LogP contribution in [0.15, 0.2) is 24.3 Å². The number of aromatic amines is 1. The van der Waals surface area contributed by atoms with Crippen LogP contribution >= 0.6 is 0 Å². The summed E-state index contributed by atoms with van der Waals surface area (Å²) in [4.78, 5) is 15.3. The van der Waals surface area contributed by atoms with Crippen molar-refractivity contribution in [2.24, 2.45) is 0 Å². The van der Waals surface area contributed by atoms with Gasteiger partial charge in [-0.15, -0.1) is 0 Å². The molecule has 5 heteroatoms. The molecule has 0 aliphatic carbocycles. The summed E-state index contributed by atoms with van der Waals surface area (Å²) < 4.78 is 12.4. The average Bonchev–Trinajstić information content (AvgIpc) is 2.67. The van der Waals surface area contributed by atoms with Gasteiger partial charge in [0.1, 0.15) is 12.5 Å². The molecule has 0 saturated carbocycles. The summed E-state index contributed by atoms with van der Waals surface area (Å²) in [5.74, 6) is 0.264. The number of nitrogens with one attached hydrogen (secondary N) is 1. The molecule has 0 aliphatic rings. The van der Waals surface area contributed by atoms with Gasteiger partial charge in [-0.1, -0.05) is 12.1 Å². The third-order valence-corrected chi connectivity index (χ3v) is 2.18. The number of H-pyrrole nitrogens is 1. The van der Waals surface area contributed by atoms with Gasteiger partial charge in [0.2, 0.25) is 0 Å². The molecule has 1 aromatic carbocycles. The average molecular weight is 202 g/mol. The fraction of sp³-hybridized carbons (Fsp3) is 0.100. The maximum Gasteiger partial charge on any atom is 0.198 e. The molecule has 1 N–H and O–H groups in total. The molecule has 0 saturated heterocycles. The zero-order valence-electron chi connectivity index (χ0n) is 7.74. The monoisotopic (exact) mass is 202 g/mol. The number of benzene rings is 1. The lowest BCUT2D eigenvalue weighted by Gasteiger charge is -1.93. The second-order valence-electron chi connectivity index (χ2n) is 3.20. The van der Waals surface area contributed by atoms with Crippen LogP contribution < -0.4 is 0 Å². The Labute approximate surface area is 84.2 Å². The summed E-state index contributed by atoms with van der Waals surface area (Å²) >= 11 is 0. The minimum atomic E-state index is -0.631. The van der Waals surface area contributed by atoms with E-state index in [4.69, 9.17) is 0 Å². The summed E-state index contributed by atoms with van der Waals surface area (Å²) in [6, 6.07) is 7.48. The highest BCUT2D eigenvalue weighted by Gasteiger charge is 2.06. The standard InChI is InChI=1S/C10H7FN4/c11-5-8-14-9-10(15-8)13-7-4-2-1-3-6(7)12-9/h1-4H,5H2,(H,12,13,14,15). The fourth-order valence-corrected chi connectivity index (χ4v) is 1.51. The van der Waals surface area contributed by atoms with Crippen LogP contribution in [0.2, 0.25) is 0 Å². The van der Waals surface area contributed by atoms with E-state index in [0.717, 1.165) is 11.0 Å². The van der Waals surface area contributed by atoms with Crippen molar-refractivity contribution in [1.29, 1.82) is 0 Å². The molecule has 0 fully saturated rings. The predicted molar refractivity (Wildman–Crippen MR) is 54.0 cm³/mol. The Balaban J connectivity index is 2.39. The van der Waals surface area contributed by atoms with Crippen LogP contribution in [-0.2, 0) is 6.67 Å². The minimum Gasteiger partial charge on any atom is -0.323 e. The highest BCUT2D eigenvalue weighted by molar-refractivity contribution is 5.82. The van der Waals surface area contributed by atoms with E-state index >= 15 is 0 Å². The van der Waals surface area contributed by atoms with Crippen LogP contribution in [0.5, 0.6) is 0 Å². The van der Waals surface area contributed by atoms with Crippen molar-refractivity contribution < 1.29 is 4.39 Å². The van der Waals surface area contributed by atoms with Gasteiger partial charge in [0.15, 0.2) is 11.3 Å². The van der Waals surface area contributed by atoms with Gasteiger partial charge in [0.25, 0.3) is 0 Å². The molecule has 4 nitrogen and oxygen atoms in total. The highest BCUT2D eigenvalue weighted by atomic mass is 19.1. The summed E-state index contributed by atoms with van der Waals surface area (Å²) in [6.45, 7) is -0.631. The molecule has 15 heavy (non-hydrogen) atoms. The van der Waals surface area contributed by atoms with Gasteiger partial charge >= 0.3 is 0 Å². The van der Waals surface area contributed by atoms with Crippen LogP contribution in [0.3, 0.4) is 0 Å². The third-order valence-electron chi connectivity index (χ3n) is 2.18. The predicted octanol–water partition coefficient (Wildman–Crippen LogP) is 1.98. The van der Waals surface area contributed by atoms with E-state index in [1.54, 1.807) is 0 Å². The lowest BCUT2D eigenvalue weighted by atomic mass is 10.3. The Kier molecular flexibility index (Phi) is 1.65. The van der Waals surface area contributed by atoms with Gasteiger partial charge in [0.05, 0.1) is 11.0 Å². The Hall–Kier alpha value is -2.04. The number of imidazole rings is 1. The first-order valence-electron chi connectivity index (χ1n) is 4.54. The number of fused-ring (bicyclic) bond motifs is 2. The van der Waals surface area contributed by atoms with E-state index in [2.05, 4.69) is 19.9 Å². The van der Waals surface area contributed by atoms with Gasteiger partial charge in [0, 0.05) is 0 Å². The SMILES string of the molecule is FCc1nc2nc3ccccc3nc2[nH]1. The van der Waals surface area contributed by atoms with Crippen molar-refractivity contribution in [2.45, 2.75) is 6.67 Å². The summed E-state index contributed by atoms with van der Waals surface area (Å²) in [7, 11) is 0. The number of alkyl halides is 1. The van der Waals surface area contributed by atoms with Crippen molar-refractivity contribution in [3.8, 4) is 0 Å². The normalized spacial score (nSPS) is 11.3. The number of hydrogen-bond donors (Lipinski definition) is 1. The topological polar surface area (TPSA) is 54.5 Å². The molecular formula is C10H7FN4. The van der Waals surface area contributed by atoms with Crippen LogP contribution in [0, 0.1) is 0 Å². The van der Waals surface area contributed by atoms with Gasteiger partial charge in [-0.25, -0.2) is 19.3 Å². The van der Waals surface area contributed by atoms with Gasteiger partial charge in [-0.2, -0.15) is 0 Å². The zero-order chi connectivity index (χ0) is 10.3. The second kappa shape index (κ2) is 2.98. The molecule has 3 aromatic rings. The fourth-order valence-electron chi connectivity index (χ4n) is 1.51. The van der Waals surface area contributed by atoms with Crippen LogP contribution in [-0.4, -0.2) is 19.9 Å². The second-order valence-corrected chi connectivity index (χ2v) is 3.20. The van der Waals surface area contributed by atoms with E-state index in [-0.39, 0.29) is 5.82 Å². The number of rotatable bonds is 1. The smallest absolute Gasteiger partial charge is 0.198 e. The quantitative estimate of drug-likeness (QED) is 0.656. The van der Waals surface area contributed by atoms with E-state index in [1.165, 1.54) is 0 Å². The molecule has 0 unspecified atom stereocenters. The Morgan fingerprint density at radius 3 is 2.53 bits per heavy atom. The largest absolute Gasteiger partial charge is 0.323 e. The molecule has 0 bridgehead atoms. The number of halogens is 1. The van der Waals surface area contributed by atoms with Crippen molar-refractivity contribution >= 4 is 22.3 Å². The van der Waals surface area contributed by atoms with Crippen LogP contribution in [0.25, 0.3) is 22.3 Å². The van der Waals surface area contributed by atoms with Crippen LogP contribution in [0.1, 0.15) is 5.82 Å². The maximum atomic E-state index is 12.4. The molecule has 0 amide bonds. The van der Waals surface area contributed by atoms with Gasteiger partial charge in [-0.05, 0) is 12.1 Å². The molecule has 0 aliphatic heterocycles. The zero-order valence-corrected chi connectivity index (χ0v) is 7.74. The maximum absolute atomic E-state index is 12.4. The number of nitrogens with zero attached hydrogens (tertiary/aromatic N) is 3. The summed E-state index contributed by atoms with van der Waals surface area (Å²) in [5, 5.41) is 0. The Morgan fingerprint density at radius 2 is 1.80 bits per heavy atom. The Morgan fingerprint density at radius 1 is 1.07 bits per heavy atom. The molecule has 3 rings (SSSR count). The lowest BCUT2D eigenvalue weighted by molar-refractivity contribution is 0.469. The van der Waals surface area contributed by atoms with Crippen molar-refractivity contribution in [2.75, 3.05) is 0 Å². The minimum absolute atomic E-state index is 0.264. The van der Waals surface area contributed by atoms with Crippen LogP contribution in [0.4, 0.5) is 4.39 Å². The molecule has 0 radical (unpaired) electrons. The van der Waals surface area contributed by atoms with E-state index in [1.807, 2.05) is 24.3 Å². The first kappa shape index (κ1) is 8.28. The van der Waals surface area contributed by atoms with Crippen molar-refractivity contribution in [3.63, 3.8) is 0 Å². The van der Waals surface area contributed by atoms with Gasteiger partial charge < -0.3 is 4.98 Å². The summed E-state index contributed by atoms with van der Waals surface area (Å²) in [6.07, 6.45) is 0.